The fourth-order valence-electron chi connectivity index (χ4n) is 3.41. The summed E-state index contributed by atoms with van der Waals surface area (Å²) in [6.07, 6.45) is 8.12. The fourth-order valence-corrected chi connectivity index (χ4v) is 3.41. The Bertz CT molecular complexity index is 397. The molecule has 2 rings (SSSR count). The Morgan fingerprint density at radius 3 is 2.68 bits per heavy atom. The summed E-state index contributed by atoms with van der Waals surface area (Å²) in [5.41, 5.74) is 4.47. The number of aryl methyl sites for hydroxylation is 2. The Hall–Kier alpha value is -0.820. The number of nitrogens with one attached hydrogen (secondary N) is 1. The van der Waals surface area contributed by atoms with Crippen molar-refractivity contribution in [1.29, 1.82) is 0 Å². The topological polar surface area (TPSA) is 12.0 Å². The maximum absolute atomic E-state index is 3.81. The summed E-state index contributed by atoms with van der Waals surface area (Å²) in [4.78, 5) is 0. The van der Waals surface area contributed by atoms with Gasteiger partial charge in [-0.05, 0) is 56.7 Å². The van der Waals surface area contributed by atoms with E-state index in [1.165, 1.54) is 49.7 Å². The molecule has 19 heavy (non-hydrogen) atoms. The highest BCUT2D eigenvalue weighted by Gasteiger charge is 2.25. The van der Waals surface area contributed by atoms with Crippen molar-refractivity contribution in [1.82, 2.24) is 5.32 Å². The summed E-state index contributed by atoms with van der Waals surface area (Å²) in [6.45, 7) is 7.91. The van der Waals surface area contributed by atoms with Crippen LogP contribution in [0.15, 0.2) is 18.2 Å². The minimum Gasteiger partial charge on any atom is -0.313 e. The molecule has 2 unspecified atom stereocenters. The maximum atomic E-state index is 3.81. The molecule has 1 N–H and O–H groups in total. The predicted octanol–water partition coefficient (Wildman–Crippen LogP) is 4.72. The molecule has 0 saturated heterocycles. The quantitative estimate of drug-likeness (QED) is 0.772. The predicted molar refractivity (Wildman–Crippen MR) is 83.8 cm³/mol. The maximum Gasteiger partial charge on any atom is 0.0136 e. The van der Waals surface area contributed by atoms with Gasteiger partial charge in [0.1, 0.15) is 0 Å². The second-order valence-corrected chi connectivity index (χ2v) is 6.17. The Kier molecular flexibility index (Phi) is 5.45. The minimum absolute atomic E-state index is 0.683. The van der Waals surface area contributed by atoms with Gasteiger partial charge >= 0.3 is 0 Å². The van der Waals surface area contributed by atoms with Crippen LogP contribution in [0.1, 0.15) is 68.1 Å². The van der Waals surface area contributed by atoms with Gasteiger partial charge in [-0.25, -0.2) is 0 Å². The lowest BCUT2D eigenvalue weighted by Crippen LogP contribution is -2.35. The van der Waals surface area contributed by atoms with Crippen molar-refractivity contribution in [3.63, 3.8) is 0 Å². The lowest BCUT2D eigenvalue weighted by molar-refractivity contribution is 0.410. The smallest absolute Gasteiger partial charge is 0.0136 e. The van der Waals surface area contributed by atoms with E-state index < -0.39 is 0 Å². The SMILES string of the molecule is CCCNC1CCCCCC1c1cc(C)ccc1C. The van der Waals surface area contributed by atoms with E-state index in [1.807, 2.05) is 0 Å². The van der Waals surface area contributed by atoms with Gasteiger partial charge in [0.2, 0.25) is 0 Å². The van der Waals surface area contributed by atoms with Gasteiger partial charge in [0.15, 0.2) is 0 Å². The molecule has 0 aromatic heterocycles. The van der Waals surface area contributed by atoms with Gasteiger partial charge in [-0.1, -0.05) is 49.9 Å². The monoisotopic (exact) mass is 259 g/mol. The Morgan fingerprint density at radius 2 is 1.89 bits per heavy atom. The highest BCUT2D eigenvalue weighted by Crippen LogP contribution is 2.34. The van der Waals surface area contributed by atoms with E-state index in [9.17, 15) is 0 Å². The van der Waals surface area contributed by atoms with Crippen LogP contribution in [-0.2, 0) is 0 Å². The highest BCUT2D eigenvalue weighted by molar-refractivity contribution is 5.34. The number of rotatable bonds is 4. The molecular weight excluding hydrogens is 230 g/mol. The third kappa shape index (κ3) is 3.82. The summed E-state index contributed by atoms with van der Waals surface area (Å²) in [5.74, 6) is 0.717. The lowest BCUT2D eigenvalue weighted by atomic mass is 9.84. The molecule has 0 amide bonds. The zero-order valence-corrected chi connectivity index (χ0v) is 12.8. The fraction of sp³-hybridized carbons (Fsp3) is 0.667. The largest absolute Gasteiger partial charge is 0.313 e. The lowest BCUT2D eigenvalue weighted by Gasteiger charge is -2.28. The van der Waals surface area contributed by atoms with Crippen molar-refractivity contribution >= 4 is 0 Å². The van der Waals surface area contributed by atoms with Gasteiger partial charge in [0.05, 0.1) is 0 Å². The van der Waals surface area contributed by atoms with Crippen molar-refractivity contribution in [3.8, 4) is 0 Å². The summed E-state index contributed by atoms with van der Waals surface area (Å²) >= 11 is 0. The normalized spacial score (nSPS) is 24.2. The average molecular weight is 259 g/mol. The van der Waals surface area contributed by atoms with Crippen molar-refractivity contribution in [3.05, 3.63) is 34.9 Å². The van der Waals surface area contributed by atoms with Crippen molar-refractivity contribution in [2.24, 2.45) is 0 Å². The molecule has 0 aliphatic heterocycles. The van der Waals surface area contributed by atoms with Crippen LogP contribution in [0.3, 0.4) is 0 Å². The molecule has 106 valence electrons. The van der Waals surface area contributed by atoms with E-state index in [2.05, 4.69) is 44.3 Å². The van der Waals surface area contributed by atoms with Crippen molar-refractivity contribution < 1.29 is 0 Å². The first-order chi connectivity index (χ1) is 9.22. The van der Waals surface area contributed by atoms with Crippen LogP contribution >= 0.6 is 0 Å². The molecule has 1 fully saturated rings. The van der Waals surface area contributed by atoms with E-state index in [4.69, 9.17) is 0 Å². The third-order valence-electron chi connectivity index (χ3n) is 4.51. The van der Waals surface area contributed by atoms with Crippen LogP contribution < -0.4 is 5.32 Å². The zero-order valence-electron chi connectivity index (χ0n) is 12.8. The van der Waals surface area contributed by atoms with Gasteiger partial charge in [-0.15, -0.1) is 0 Å². The Labute approximate surface area is 118 Å². The Balaban J connectivity index is 2.23. The van der Waals surface area contributed by atoms with Crippen LogP contribution in [0.5, 0.6) is 0 Å². The third-order valence-corrected chi connectivity index (χ3v) is 4.51. The van der Waals surface area contributed by atoms with E-state index in [-0.39, 0.29) is 0 Å². The van der Waals surface area contributed by atoms with Crippen LogP contribution in [0.25, 0.3) is 0 Å². The standard InChI is InChI=1S/C18H29N/c1-4-12-19-18-9-7-5-6-8-16(18)17-13-14(2)10-11-15(17)3/h10-11,13,16,18-19H,4-9,12H2,1-3H3. The number of hydrogen-bond acceptors (Lipinski definition) is 1. The molecular formula is C18H29N. The van der Waals surface area contributed by atoms with Crippen LogP contribution in [0, 0.1) is 13.8 Å². The van der Waals surface area contributed by atoms with Gasteiger partial charge < -0.3 is 5.32 Å². The summed E-state index contributed by atoms with van der Waals surface area (Å²) in [7, 11) is 0. The molecule has 1 aliphatic carbocycles. The van der Waals surface area contributed by atoms with E-state index in [0.717, 1.165) is 6.54 Å². The molecule has 0 bridgehead atoms. The van der Waals surface area contributed by atoms with Crippen molar-refractivity contribution in [2.75, 3.05) is 6.54 Å². The minimum atomic E-state index is 0.683. The van der Waals surface area contributed by atoms with Crippen LogP contribution in [-0.4, -0.2) is 12.6 Å². The Morgan fingerprint density at radius 1 is 1.11 bits per heavy atom. The second-order valence-electron chi connectivity index (χ2n) is 6.17. The van der Waals surface area contributed by atoms with Gasteiger partial charge in [-0.2, -0.15) is 0 Å². The molecule has 2 atom stereocenters. The molecule has 0 radical (unpaired) electrons. The zero-order chi connectivity index (χ0) is 13.7. The van der Waals surface area contributed by atoms with E-state index in [1.54, 1.807) is 5.56 Å². The summed E-state index contributed by atoms with van der Waals surface area (Å²) in [6, 6.07) is 7.64. The average Bonchev–Trinajstić information content (AvgIpc) is 2.64. The first-order valence-corrected chi connectivity index (χ1v) is 8.03. The second kappa shape index (κ2) is 7.09. The summed E-state index contributed by atoms with van der Waals surface area (Å²) in [5, 5.41) is 3.81. The first-order valence-electron chi connectivity index (χ1n) is 8.03. The van der Waals surface area contributed by atoms with Crippen LogP contribution in [0.4, 0.5) is 0 Å². The highest BCUT2D eigenvalue weighted by atomic mass is 14.9. The molecule has 1 aromatic rings. The molecule has 1 heteroatoms. The van der Waals surface area contributed by atoms with E-state index in [0.29, 0.717) is 12.0 Å². The van der Waals surface area contributed by atoms with Gasteiger partial charge in [0, 0.05) is 6.04 Å². The van der Waals surface area contributed by atoms with Crippen LogP contribution in [0.2, 0.25) is 0 Å². The molecule has 0 heterocycles. The van der Waals surface area contributed by atoms with Crippen molar-refractivity contribution in [2.45, 2.75) is 71.3 Å². The number of benzene rings is 1. The van der Waals surface area contributed by atoms with Gasteiger partial charge in [0.25, 0.3) is 0 Å². The molecule has 1 nitrogen and oxygen atoms in total. The van der Waals surface area contributed by atoms with E-state index >= 15 is 0 Å². The molecule has 1 saturated carbocycles. The summed E-state index contributed by atoms with van der Waals surface area (Å²) < 4.78 is 0. The number of hydrogen-bond donors (Lipinski definition) is 1. The molecule has 1 aromatic carbocycles. The first kappa shape index (κ1) is 14.6. The molecule has 1 aliphatic rings. The van der Waals surface area contributed by atoms with Gasteiger partial charge in [-0.3, -0.25) is 0 Å². The molecule has 0 spiro atoms.